The largest absolute Gasteiger partial charge is 0.480 e. The molecule has 1 heterocycles. The van der Waals surface area contributed by atoms with Gasteiger partial charge in [0.25, 0.3) is 0 Å². The van der Waals surface area contributed by atoms with Gasteiger partial charge in [-0.05, 0) is 12.1 Å². The maximum atomic E-state index is 12.0. The normalized spacial score (nSPS) is 18.6. The smallest absolute Gasteiger partial charge is 0.327 e. The van der Waals surface area contributed by atoms with Gasteiger partial charge in [-0.1, -0.05) is 23.7 Å². The summed E-state index contributed by atoms with van der Waals surface area (Å²) in [5.74, 6) is -0.00598. The van der Waals surface area contributed by atoms with Crippen LogP contribution in [0.1, 0.15) is 0 Å². The van der Waals surface area contributed by atoms with Crippen LogP contribution in [-0.4, -0.2) is 45.3 Å². The summed E-state index contributed by atoms with van der Waals surface area (Å²) in [5.41, 5.74) is 0. The molecule has 0 aromatic heterocycles. The van der Waals surface area contributed by atoms with Crippen molar-refractivity contribution in [3.05, 3.63) is 29.3 Å². The lowest BCUT2D eigenvalue weighted by atomic mass is 10.3. The Hall–Kier alpha value is -0.850. The Morgan fingerprint density at radius 1 is 1.47 bits per heavy atom. The van der Waals surface area contributed by atoms with E-state index in [2.05, 4.69) is 0 Å². The Labute approximate surface area is 124 Å². The van der Waals surface area contributed by atoms with Crippen LogP contribution in [0.4, 0.5) is 0 Å². The molecule has 1 fully saturated rings. The maximum absolute atomic E-state index is 12.0. The van der Waals surface area contributed by atoms with Gasteiger partial charge in [0.2, 0.25) is 5.91 Å². The van der Waals surface area contributed by atoms with Crippen molar-refractivity contribution in [1.82, 2.24) is 4.90 Å². The van der Waals surface area contributed by atoms with Crippen LogP contribution >= 0.6 is 35.1 Å². The van der Waals surface area contributed by atoms with Crippen LogP contribution in [-0.2, 0) is 9.59 Å². The summed E-state index contributed by atoms with van der Waals surface area (Å²) in [4.78, 5) is 25.3. The van der Waals surface area contributed by atoms with E-state index in [1.807, 2.05) is 18.2 Å². The first-order valence-electron chi connectivity index (χ1n) is 5.57. The van der Waals surface area contributed by atoms with Crippen molar-refractivity contribution >= 4 is 47.0 Å². The molecule has 7 heteroatoms. The molecule has 4 nitrogen and oxygen atoms in total. The lowest BCUT2D eigenvalue weighted by Gasteiger charge is -2.20. The molecule has 19 heavy (non-hydrogen) atoms. The second kappa shape index (κ2) is 6.54. The highest BCUT2D eigenvalue weighted by Crippen LogP contribution is 2.28. The summed E-state index contributed by atoms with van der Waals surface area (Å²) in [5, 5.41) is 9.63. The predicted octanol–water partition coefficient (Wildman–Crippen LogP) is 2.42. The van der Waals surface area contributed by atoms with Crippen LogP contribution in [0.25, 0.3) is 0 Å². The Morgan fingerprint density at radius 3 is 2.89 bits per heavy atom. The van der Waals surface area contributed by atoms with Crippen molar-refractivity contribution in [1.29, 1.82) is 0 Å². The molecule has 1 aromatic carbocycles. The number of hydrogen-bond donors (Lipinski definition) is 1. The predicted molar refractivity (Wildman–Crippen MR) is 77.8 cm³/mol. The number of thioether (sulfide) groups is 2. The molecule has 0 saturated carbocycles. The van der Waals surface area contributed by atoms with E-state index in [1.54, 1.807) is 6.07 Å². The number of rotatable bonds is 4. The number of carbonyl (C=O) groups excluding carboxylic acids is 1. The van der Waals surface area contributed by atoms with Crippen molar-refractivity contribution in [2.24, 2.45) is 0 Å². The van der Waals surface area contributed by atoms with E-state index < -0.39 is 12.0 Å². The van der Waals surface area contributed by atoms with Gasteiger partial charge in [0.15, 0.2) is 0 Å². The lowest BCUT2D eigenvalue weighted by Crippen LogP contribution is -2.42. The topological polar surface area (TPSA) is 57.6 Å². The Kier molecular flexibility index (Phi) is 5.01. The van der Waals surface area contributed by atoms with Gasteiger partial charge in [0.1, 0.15) is 6.04 Å². The minimum absolute atomic E-state index is 0.165. The Bertz CT molecular complexity index is 498. The standard InChI is InChI=1S/C12H12ClNO3S2/c13-8-3-1-2-4-10(8)19-6-11(15)14-7-18-5-9(14)12(16)17/h1-4,9H,5-7H2,(H,16,17)/t9-/m0/s1. The van der Waals surface area contributed by atoms with Crippen LogP contribution in [0.15, 0.2) is 29.2 Å². The number of carbonyl (C=O) groups is 2. The Morgan fingerprint density at radius 2 is 2.21 bits per heavy atom. The van der Waals surface area contributed by atoms with Crippen LogP contribution < -0.4 is 0 Å². The molecule has 1 amide bonds. The molecule has 2 rings (SSSR count). The van der Waals surface area contributed by atoms with E-state index in [4.69, 9.17) is 16.7 Å². The first-order chi connectivity index (χ1) is 9.09. The number of halogens is 1. The second-order valence-electron chi connectivity index (χ2n) is 3.94. The molecule has 0 aliphatic carbocycles. The molecule has 1 atom stereocenters. The molecule has 1 N–H and O–H groups in total. The van der Waals surface area contributed by atoms with E-state index in [0.717, 1.165) is 4.90 Å². The van der Waals surface area contributed by atoms with Gasteiger partial charge in [-0.3, -0.25) is 4.79 Å². The van der Waals surface area contributed by atoms with E-state index in [0.29, 0.717) is 16.7 Å². The SMILES string of the molecule is O=C(O)[C@@H]1CSCN1C(=O)CSc1ccccc1Cl. The summed E-state index contributed by atoms with van der Waals surface area (Å²) < 4.78 is 0. The van der Waals surface area contributed by atoms with Gasteiger partial charge in [-0.25, -0.2) is 4.79 Å². The number of hydrogen-bond acceptors (Lipinski definition) is 4. The van der Waals surface area contributed by atoms with Gasteiger partial charge in [-0.15, -0.1) is 23.5 Å². The lowest BCUT2D eigenvalue weighted by molar-refractivity contribution is -0.146. The minimum Gasteiger partial charge on any atom is -0.480 e. The molecule has 1 saturated heterocycles. The number of aliphatic carboxylic acids is 1. The fraction of sp³-hybridized carbons (Fsp3) is 0.333. The number of amides is 1. The van der Waals surface area contributed by atoms with Crippen molar-refractivity contribution in [2.75, 3.05) is 17.4 Å². The molecule has 0 unspecified atom stereocenters. The zero-order chi connectivity index (χ0) is 13.8. The average molecular weight is 318 g/mol. The van der Waals surface area contributed by atoms with Gasteiger partial charge < -0.3 is 10.0 Å². The fourth-order valence-electron chi connectivity index (χ4n) is 1.68. The molecular formula is C12H12ClNO3S2. The van der Waals surface area contributed by atoms with Crippen LogP contribution in [0.5, 0.6) is 0 Å². The molecule has 0 radical (unpaired) electrons. The second-order valence-corrected chi connectivity index (χ2v) is 6.36. The molecule has 0 bridgehead atoms. The number of carboxylic acid groups (broad SMARTS) is 1. The summed E-state index contributed by atoms with van der Waals surface area (Å²) in [6.07, 6.45) is 0. The first kappa shape index (κ1) is 14.6. The third-order valence-electron chi connectivity index (χ3n) is 2.68. The summed E-state index contributed by atoms with van der Waals surface area (Å²) >= 11 is 8.79. The zero-order valence-electron chi connectivity index (χ0n) is 9.91. The monoisotopic (exact) mass is 317 g/mol. The van der Waals surface area contributed by atoms with E-state index in [-0.39, 0.29) is 11.7 Å². The van der Waals surface area contributed by atoms with Gasteiger partial charge in [0, 0.05) is 10.6 Å². The Balaban J connectivity index is 1.95. The zero-order valence-corrected chi connectivity index (χ0v) is 12.3. The highest BCUT2D eigenvalue weighted by molar-refractivity contribution is 8.00. The number of nitrogens with zero attached hydrogens (tertiary/aromatic N) is 1. The third kappa shape index (κ3) is 3.58. The number of carboxylic acids is 1. The summed E-state index contributed by atoms with van der Waals surface area (Å²) in [6.45, 7) is 0. The third-order valence-corrected chi connectivity index (χ3v) is 5.19. The first-order valence-corrected chi connectivity index (χ1v) is 8.09. The maximum Gasteiger partial charge on any atom is 0.327 e. The molecule has 1 aliphatic rings. The van der Waals surface area contributed by atoms with Crippen LogP contribution in [0.3, 0.4) is 0 Å². The van der Waals surface area contributed by atoms with Gasteiger partial charge >= 0.3 is 5.97 Å². The van der Waals surface area contributed by atoms with Gasteiger partial charge in [-0.2, -0.15) is 0 Å². The summed E-state index contributed by atoms with van der Waals surface area (Å²) in [6, 6.07) is 6.58. The van der Waals surface area contributed by atoms with Crippen molar-refractivity contribution in [3.8, 4) is 0 Å². The van der Waals surface area contributed by atoms with Crippen molar-refractivity contribution in [2.45, 2.75) is 10.9 Å². The highest BCUT2D eigenvalue weighted by atomic mass is 35.5. The van der Waals surface area contributed by atoms with Crippen LogP contribution in [0.2, 0.25) is 5.02 Å². The molecule has 1 aliphatic heterocycles. The fourth-order valence-corrected chi connectivity index (χ4v) is 3.97. The van der Waals surface area contributed by atoms with E-state index >= 15 is 0 Å². The molecule has 0 spiro atoms. The quantitative estimate of drug-likeness (QED) is 0.864. The van der Waals surface area contributed by atoms with E-state index in [9.17, 15) is 9.59 Å². The van der Waals surface area contributed by atoms with Gasteiger partial charge in [0.05, 0.1) is 16.7 Å². The summed E-state index contributed by atoms with van der Waals surface area (Å²) in [7, 11) is 0. The molecule has 1 aromatic rings. The molecular weight excluding hydrogens is 306 g/mol. The average Bonchev–Trinajstić information content (AvgIpc) is 2.87. The number of benzene rings is 1. The highest BCUT2D eigenvalue weighted by Gasteiger charge is 2.34. The minimum atomic E-state index is -0.943. The van der Waals surface area contributed by atoms with Crippen molar-refractivity contribution < 1.29 is 14.7 Å². The molecule has 102 valence electrons. The van der Waals surface area contributed by atoms with Crippen molar-refractivity contribution in [3.63, 3.8) is 0 Å². The van der Waals surface area contributed by atoms with Crippen LogP contribution in [0, 0.1) is 0 Å². The van der Waals surface area contributed by atoms with E-state index in [1.165, 1.54) is 28.4 Å².